The SMILES string of the molecule is Cc1cccc(OC[C@H](O)Cn2cnc3scc(-c4ccc(Br)cc4)c3c2=O)c1. The summed E-state index contributed by atoms with van der Waals surface area (Å²) in [5.41, 5.74) is 2.74. The van der Waals surface area contributed by atoms with Gasteiger partial charge in [-0.25, -0.2) is 4.98 Å². The first-order valence-corrected chi connectivity index (χ1v) is 10.8. The van der Waals surface area contributed by atoms with Crippen molar-refractivity contribution in [3.63, 3.8) is 0 Å². The van der Waals surface area contributed by atoms with Crippen molar-refractivity contribution < 1.29 is 9.84 Å². The zero-order chi connectivity index (χ0) is 20.4. The third-order valence-electron chi connectivity index (χ3n) is 4.56. The van der Waals surface area contributed by atoms with E-state index in [2.05, 4.69) is 20.9 Å². The zero-order valence-corrected chi connectivity index (χ0v) is 18.1. The molecule has 1 N–H and O–H groups in total. The van der Waals surface area contributed by atoms with Crippen molar-refractivity contribution in [3.8, 4) is 16.9 Å². The van der Waals surface area contributed by atoms with Crippen molar-refractivity contribution in [1.82, 2.24) is 9.55 Å². The van der Waals surface area contributed by atoms with Crippen LogP contribution in [0.25, 0.3) is 21.3 Å². The van der Waals surface area contributed by atoms with Crippen LogP contribution in [0.4, 0.5) is 0 Å². The van der Waals surface area contributed by atoms with Gasteiger partial charge in [-0.05, 0) is 42.3 Å². The van der Waals surface area contributed by atoms with Gasteiger partial charge in [0.15, 0.2) is 0 Å². The molecule has 0 amide bonds. The standard InChI is InChI=1S/C22H19BrN2O3S/c1-14-3-2-4-18(9-14)28-11-17(26)10-25-13-24-21-20(22(25)27)19(12-29-21)15-5-7-16(23)8-6-15/h2-9,12-13,17,26H,10-11H2,1H3/t17-/m1/s1. The molecule has 0 unspecified atom stereocenters. The smallest absolute Gasteiger partial charge is 0.262 e. The number of aliphatic hydroxyl groups is 1. The molecule has 4 rings (SSSR count). The number of hydrogen-bond acceptors (Lipinski definition) is 5. The monoisotopic (exact) mass is 470 g/mol. The number of aliphatic hydroxyl groups excluding tert-OH is 1. The molecule has 148 valence electrons. The normalized spacial score (nSPS) is 12.2. The predicted molar refractivity (Wildman–Crippen MR) is 120 cm³/mol. The average Bonchev–Trinajstić information content (AvgIpc) is 3.14. The molecular formula is C22H19BrN2O3S. The van der Waals surface area contributed by atoms with E-state index in [1.54, 1.807) is 0 Å². The molecule has 1 atom stereocenters. The summed E-state index contributed by atoms with van der Waals surface area (Å²) >= 11 is 4.87. The van der Waals surface area contributed by atoms with E-state index < -0.39 is 6.10 Å². The van der Waals surface area contributed by atoms with E-state index in [-0.39, 0.29) is 18.7 Å². The van der Waals surface area contributed by atoms with Crippen molar-refractivity contribution in [1.29, 1.82) is 0 Å². The zero-order valence-electron chi connectivity index (χ0n) is 15.7. The number of thiophene rings is 1. The number of aryl methyl sites for hydroxylation is 1. The lowest BCUT2D eigenvalue weighted by Crippen LogP contribution is -2.30. The summed E-state index contributed by atoms with van der Waals surface area (Å²) in [6.07, 6.45) is 0.657. The molecule has 5 nitrogen and oxygen atoms in total. The van der Waals surface area contributed by atoms with Gasteiger partial charge in [-0.3, -0.25) is 9.36 Å². The summed E-state index contributed by atoms with van der Waals surface area (Å²) in [7, 11) is 0. The van der Waals surface area contributed by atoms with E-state index in [1.165, 1.54) is 22.2 Å². The number of rotatable bonds is 6. The number of hydrogen-bond donors (Lipinski definition) is 1. The fourth-order valence-corrected chi connectivity index (χ4v) is 4.29. The van der Waals surface area contributed by atoms with Crippen LogP contribution in [0.15, 0.2) is 69.5 Å². The molecule has 2 aromatic carbocycles. The van der Waals surface area contributed by atoms with Crippen LogP contribution in [-0.4, -0.2) is 27.4 Å². The summed E-state index contributed by atoms with van der Waals surface area (Å²) in [5.74, 6) is 0.695. The number of fused-ring (bicyclic) bond motifs is 1. The fourth-order valence-electron chi connectivity index (χ4n) is 3.12. The first-order valence-electron chi connectivity index (χ1n) is 9.11. The number of nitrogens with zero attached hydrogens (tertiary/aromatic N) is 2. The third kappa shape index (κ3) is 4.42. The molecule has 0 aliphatic heterocycles. The molecule has 2 heterocycles. The highest BCUT2D eigenvalue weighted by atomic mass is 79.9. The Balaban J connectivity index is 1.56. The van der Waals surface area contributed by atoms with E-state index in [1.807, 2.05) is 60.8 Å². The maximum atomic E-state index is 13.1. The van der Waals surface area contributed by atoms with Gasteiger partial charge in [0.2, 0.25) is 0 Å². The molecule has 29 heavy (non-hydrogen) atoms. The Morgan fingerprint density at radius 2 is 2.03 bits per heavy atom. The van der Waals surface area contributed by atoms with Gasteiger partial charge >= 0.3 is 0 Å². The minimum absolute atomic E-state index is 0.0944. The van der Waals surface area contributed by atoms with E-state index >= 15 is 0 Å². The van der Waals surface area contributed by atoms with Crippen molar-refractivity contribution in [2.45, 2.75) is 19.6 Å². The Morgan fingerprint density at radius 3 is 2.79 bits per heavy atom. The molecule has 0 aliphatic carbocycles. The first-order chi connectivity index (χ1) is 14.0. The molecule has 0 spiro atoms. The van der Waals surface area contributed by atoms with Crippen molar-refractivity contribution >= 4 is 37.5 Å². The molecule has 4 aromatic rings. The van der Waals surface area contributed by atoms with Gasteiger partial charge in [0.25, 0.3) is 5.56 Å². The maximum Gasteiger partial charge on any atom is 0.262 e. The van der Waals surface area contributed by atoms with E-state index in [9.17, 15) is 9.90 Å². The molecule has 0 radical (unpaired) electrons. The largest absolute Gasteiger partial charge is 0.491 e. The lowest BCUT2D eigenvalue weighted by atomic mass is 10.1. The maximum absolute atomic E-state index is 13.1. The second-order valence-corrected chi connectivity index (χ2v) is 8.59. The van der Waals surface area contributed by atoms with E-state index in [4.69, 9.17) is 4.74 Å². The van der Waals surface area contributed by atoms with Crippen LogP contribution >= 0.6 is 27.3 Å². The molecule has 0 bridgehead atoms. The van der Waals surface area contributed by atoms with Crippen LogP contribution in [0.1, 0.15) is 5.56 Å². The fraction of sp³-hybridized carbons (Fsp3) is 0.182. The number of ether oxygens (including phenoxy) is 1. The molecular weight excluding hydrogens is 452 g/mol. The summed E-state index contributed by atoms with van der Waals surface area (Å²) in [4.78, 5) is 18.2. The molecule has 2 aromatic heterocycles. The van der Waals surface area contributed by atoms with Gasteiger partial charge in [-0.2, -0.15) is 0 Å². The second kappa shape index (κ2) is 8.49. The minimum Gasteiger partial charge on any atom is -0.491 e. The second-order valence-electron chi connectivity index (χ2n) is 6.82. The number of halogens is 1. The summed E-state index contributed by atoms with van der Waals surface area (Å²) < 4.78 is 8.08. The quantitative estimate of drug-likeness (QED) is 0.445. The van der Waals surface area contributed by atoms with Crippen molar-refractivity contribution in [2.24, 2.45) is 0 Å². The van der Waals surface area contributed by atoms with Crippen LogP contribution in [0.3, 0.4) is 0 Å². The van der Waals surface area contributed by atoms with Gasteiger partial charge in [0.05, 0.1) is 18.3 Å². The Bertz CT molecular complexity index is 1200. The van der Waals surface area contributed by atoms with E-state index in [0.29, 0.717) is 16.0 Å². The summed E-state index contributed by atoms with van der Waals surface area (Å²) in [6.45, 7) is 2.19. The highest BCUT2D eigenvalue weighted by Crippen LogP contribution is 2.31. The third-order valence-corrected chi connectivity index (χ3v) is 5.97. The molecule has 0 fully saturated rings. The first kappa shape index (κ1) is 19.8. The topological polar surface area (TPSA) is 64.3 Å². The lowest BCUT2D eigenvalue weighted by Gasteiger charge is -2.14. The molecule has 7 heteroatoms. The van der Waals surface area contributed by atoms with Crippen LogP contribution in [-0.2, 0) is 6.54 Å². The van der Waals surface area contributed by atoms with Gasteiger partial charge in [-0.15, -0.1) is 11.3 Å². The van der Waals surface area contributed by atoms with Gasteiger partial charge < -0.3 is 9.84 Å². The average molecular weight is 471 g/mol. The Morgan fingerprint density at radius 1 is 1.24 bits per heavy atom. The van der Waals surface area contributed by atoms with Crippen LogP contribution in [0, 0.1) is 6.92 Å². The Hall–Kier alpha value is -2.48. The number of benzene rings is 2. The Labute approximate surface area is 180 Å². The number of aromatic nitrogens is 2. The van der Waals surface area contributed by atoms with Gasteiger partial charge in [-0.1, -0.05) is 40.2 Å². The van der Waals surface area contributed by atoms with Gasteiger partial charge in [0.1, 0.15) is 23.3 Å². The van der Waals surface area contributed by atoms with Crippen molar-refractivity contribution in [2.75, 3.05) is 6.61 Å². The predicted octanol–water partition coefficient (Wildman–Crippen LogP) is 4.64. The van der Waals surface area contributed by atoms with E-state index in [0.717, 1.165) is 21.2 Å². The minimum atomic E-state index is -0.831. The van der Waals surface area contributed by atoms with Crippen LogP contribution in [0.2, 0.25) is 0 Å². The lowest BCUT2D eigenvalue weighted by molar-refractivity contribution is 0.0914. The molecule has 0 aliphatic rings. The highest BCUT2D eigenvalue weighted by Gasteiger charge is 2.15. The summed E-state index contributed by atoms with van der Waals surface area (Å²) in [6, 6.07) is 15.4. The summed E-state index contributed by atoms with van der Waals surface area (Å²) in [5, 5.41) is 12.9. The molecule has 0 saturated heterocycles. The van der Waals surface area contributed by atoms with Crippen LogP contribution < -0.4 is 10.3 Å². The Kier molecular flexibility index (Phi) is 5.80. The van der Waals surface area contributed by atoms with Crippen molar-refractivity contribution in [3.05, 3.63) is 80.6 Å². The van der Waals surface area contributed by atoms with Gasteiger partial charge in [0, 0.05) is 15.4 Å². The highest BCUT2D eigenvalue weighted by molar-refractivity contribution is 9.10. The molecule has 0 saturated carbocycles. The van der Waals surface area contributed by atoms with Crippen LogP contribution in [0.5, 0.6) is 5.75 Å².